The monoisotopic (exact) mass is 355 g/mol. The van der Waals surface area contributed by atoms with Crippen molar-refractivity contribution in [1.82, 2.24) is 4.98 Å². The molecule has 0 amide bonds. The molecule has 3 rings (SSSR count). The molecule has 0 spiro atoms. The summed E-state index contributed by atoms with van der Waals surface area (Å²) in [6, 6.07) is 14.0. The summed E-state index contributed by atoms with van der Waals surface area (Å²) in [5.74, 6) is -0.935. The van der Waals surface area contributed by atoms with Crippen LogP contribution in [0.1, 0.15) is 26.4 Å². The summed E-state index contributed by atoms with van der Waals surface area (Å²) in [6.45, 7) is 1.44. The molecule has 0 saturated carbocycles. The Morgan fingerprint density at radius 2 is 1.76 bits per heavy atom. The van der Waals surface area contributed by atoms with E-state index in [1.165, 1.54) is 6.26 Å². The maximum absolute atomic E-state index is 12.5. The molecule has 0 bridgehead atoms. The van der Waals surface area contributed by atoms with E-state index in [-0.39, 0.29) is 18.0 Å². The number of carbonyl (C=O) groups is 2. The van der Waals surface area contributed by atoms with Crippen molar-refractivity contribution in [1.29, 1.82) is 0 Å². The molecule has 6 heteroatoms. The Kier molecular flexibility index (Phi) is 4.81. The van der Waals surface area contributed by atoms with Crippen LogP contribution in [0.5, 0.6) is 0 Å². The smallest absolute Gasteiger partial charge is 0.339 e. The third kappa shape index (κ3) is 3.39. The second-order valence-electron chi connectivity index (χ2n) is 5.62. The molecule has 0 aliphatic heterocycles. The van der Waals surface area contributed by atoms with Crippen molar-refractivity contribution >= 4 is 33.5 Å². The van der Waals surface area contributed by atoms with E-state index < -0.39 is 16.8 Å². The normalized spacial score (nSPS) is 12.1. The molecule has 1 N–H and O–H groups in total. The number of carbonyl (C=O) groups excluding carboxylic acids is 2. The third-order valence-electron chi connectivity index (χ3n) is 3.92. The number of rotatable bonds is 5. The summed E-state index contributed by atoms with van der Waals surface area (Å²) in [4.78, 5) is 28.4. The number of para-hydroxylation sites is 1. The number of esters is 1. The number of aromatic nitrogens is 1. The van der Waals surface area contributed by atoms with E-state index in [2.05, 4.69) is 4.98 Å². The number of aromatic amines is 1. The number of hydrogen-bond acceptors (Lipinski definition) is 4. The van der Waals surface area contributed by atoms with E-state index in [1.54, 1.807) is 24.3 Å². The van der Waals surface area contributed by atoms with Crippen molar-refractivity contribution in [3.8, 4) is 0 Å². The van der Waals surface area contributed by atoms with Gasteiger partial charge in [-0.15, -0.1) is 0 Å². The van der Waals surface area contributed by atoms with Crippen LogP contribution in [0.4, 0.5) is 0 Å². The standard InChI is InChI=1S/C19H17NO4S/c1-12-18(13-7-3-5-9-15(13)20-12)16(21)11-24-19(22)14-8-4-6-10-17(14)25(2)23/h3-10,20H,11H2,1-2H3/t25-/m0/s1. The quantitative estimate of drug-likeness (QED) is 0.563. The van der Waals surface area contributed by atoms with Gasteiger partial charge in [0.1, 0.15) is 0 Å². The molecule has 3 aromatic rings. The number of hydrogen-bond donors (Lipinski definition) is 1. The van der Waals surface area contributed by atoms with Crippen LogP contribution in [0.15, 0.2) is 53.4 Å². The van der Waals surface area contributed by atoms with Crippen LogP contribution >= 0.6 is 0 Å². The summed E-state index contributed by atoms with van der Waals surface area (Å²) < 4.78 is 16.9. The highest BCUT2D eigenvalue weighted by atomic mass is 32.2. The first-order chi connectivity index (χ1) is 12.0. The van der Waals surface area contributed by atoms with Gasteiger partial charge in [0.25, 0.3) is 0 Å². The SMILES string of the molecule is Cc1[nH]c2ccccc2c1C(=O)COC(=O)c1ccccc1[S@](C)=O. The van der Waals surface area contributed by atoms with Crippen molar-refractivity contribution in [3.63, 3.8) is 0 Å². The van der Waals surface area contributed by atoms with Gasteiger partial charge in [0.05, 0.1) is 21.3 Å². The van der Waals surface area contributed by atoms with Crippen LogP contribution in [0.2, 0.25) is 0 Å². The average molecular weight is 355 g/mol. The minimum absolute atomic E-state index is 0.215. The lowest BCUT2D eigenvalue weighted by molar-refractivity contribution is 0.0471. The fourth-order valence-corrected chi connectivity index (χ4v) is 3.53. The van der Waals surface area contributed by atoms with Crippen molar-refractivity contribution in [2.45, 2.75) is 11.8 Å². The Balaban J connectivity index is 1.80. The first-order valence-corrected chi connectivity index (χ1v) is 9.25. The fraction of sp³-hybridized carbons (Fsp3) is 0.158. The maximum Gasteiger partial charge on any atom is 0.339 e. The van der Waals surface area contributed by atoms with E-state index in [0.29, 0.717) is 10.5 Å². The minimum atomic E-state index is -1.32. The summed E-state index contributed by atoms with van der Waals surface area (Å²) in [5.41, 5.74) is 2.33. The zero-order chi connectivity index (χ0) is 18.0. The first kappa shape index (κ1) is 17.1. The molecular formula is C19H17NO4S. The van der Waals surface area contributed by atoms with Crippen LogP contribution in [0.25, 0.3) is 10.9 Å². The molecule has 0 radical (unpaired) electrons. The highest BCUT2D eigenvalue weighted by molar-refractivity contribution is 7.84. The topological polar surface area (TPSA) is 76.2 Å². The molecule has 5 nitrogen and oxygen atoms in total. The molecule has 1 heterocycles. The molecular weight excluding hydrogens is 338 g/mol. The lowest BCUT2D eigenvalue weighted by atomic mass is 10.1. The number of ether oxygens (including phenoxy) is 1. The number of Topliss-reactive ketones (excluding diaryl/α,β-unsaturated/α-hetero) is 1. The van der Waals surface area contributed by atoms with Crippen LogP contribution < -0.4 is 0 Å². The molecule has 2 aromatic carbocycles. The Hall–Kier alpha value is -2.73. The van der Waals surface area contributed by atoms with E-state index in [9.17, 15) is 13.8 Å². The Labute approximate surface area is 147 Å². The van der Waals surface area contributed by atoms with Gasteiger partial charge in [-0.3, -0.25) is 9.00 Å². The van der Waals surface area contributed by atoms with Gasteiger partial charge in [0, 0.05) is 28.4 Å². The largest absolute Gasteiger partial charge is 0.454 e. The van der Waals surface area contributed by atoms with Crippen molar-refractivity contribution in [3.05, 3.63) is 65.4 Å². The molecule has 0 unspecified atom stereocenters. The summed E-state index contributed by atoms with van der Waals surface area (Å²) in [7, 11) is -1.32. The van der Waals surface area contributed by atoms with Gasteiger partial charge in [-0.1, -0.05) is 30.3 Å². The molecule has 128 valence electrons. The Bertz CT molecular complexity index is 990. The number of ketones is 1. The molecule has 0 aliphatic carbocycles. The predicted molar refractivity (Wildman–Crippen MR) is 96.4 cm³/mol. The number of fused-ring (bicyclic) bond motifs is 1. The number of H-pyrrole nitrogens is 1. The molecule has 1 atom stereocenters. The van der Waals surface area contributed by atoms with Crippen molar-refractivity contribution in [2.24, 2.45) is 0 Å². The van der Waals surface area contributed by atoms with E-state index in [4.69, 9.17) is 4.74 Å². The lowest BCUT2D eigenvalue weighted by Gasteiger charge is -2.07. The molecule has 0 aliphatic rings. The maximum atomic E-state index is 12.5. The van der Waals surface area contributed by atoms with Crippen molar-refractivity contribution in [2.75, 3.05) is 12.9 Å². The van der Waals surface area contributed by atoms with Crippen LogP contribution in [-0.2, 0) is 15.5 Å². The molecule has 25 heavy (non-hydrogen) atoms. The summed E-state index contributed by atoms with van der Waals surface area (Å²) in [5, 5.41) is 0.802. The lowest BCUT2D eigenvalue weighted by Crippen LogP contribution is -2.16. The summed E-state index contributed by atoms with van der Waals surface area (Å²) in [6.07, 6.45) is 1.49. The number of aryl methyl sites for hydroxylation is 1. The van der Waals surface area contributed by atoms with Crippen LogP contribution in [0.3, 0.4) is 0 Å². The van der Waals surface area contributed by atoms with Gasteiger partial charge >= 0.3 is 5.97 Å². The van der Waals surface area contributed by atoms with Gasteiger partial charge in [0.15, 0.2) is 6.61 Å². The van der Waals surface area contributed by atoms with Gasteiger partial charge in [-0.2, -0.15) is 0 Å². The minimum Gasteiger partial charge on any atom is -0.454 e. The molecule has 0 fully saturated rings. The summed E-state index contributed by atoms with van der Waals surface area (Å²) >= 11 is 0. The first-order valence-electron chi connectivity index (χ1n) is 7.69. The Morgan fingerprint density at radius 3 is 2.52 bits per heavy atom. The number of benzene rings is 2. The fourth-order valence-electron chi connectivity index (χ4n) is 2.80. The second-order valence-corrected chi connectivity index (χ2v) is 6.97. The van der Waals surface area contributed by atoms with E-state index >= 15 is 0 Å². The van der Waals surface area contributed by atoms with E-state index in [1.807, 2.05) is 31.2 Å². The zero-order valence-electron chi connectivity index (χ0n) is 13.9. The van der Waals surface area contributed by atoms with Crippen LogP contribution in [-0.4, -0.2) is 33.8 Å². The third-order valence-corrected chi connectivity index (χ3v) is 4.90. The van der Waals surface area contributed by atoms with E-state index in [0.717, 1.165) is 16.6 Å². The molecule has 0 saturated heterocycles. The average Bonchev–Trinajstić information content (AvgIpc) is 2.95. The van der Waals surface area contributed by atoms with Crippen molar-refractivity contribution < 1.29 is 18.5 Å². The Morgan fingerprint density at radius 1 is 1.08 bits per heavy atom. The van der Waals surface area contributed by atoms with Gasteiger partial charge in [-0.05, 0) is 25.1 Å². The van der Waals surface area contributed by atoms with Gasteiger partial charge < -0.3 is 9.72 Å². The highest BCUT2D eigenvalue weighted by Crippen LogP contribution is 2.22. The highest BCUT2D eigenvalue weighted by Gasteiger charge is 2.19. The second kappa shape index (κ2) is 7.03. The van der Waals surface area contributed by atoms with Crippen LogP contribution in [0, 0.1) is 6.92 Å². The molecule has 1 aromatic heterocycles. The predicted octanol–water partition coefficient (Wildman–Crippen LogP) is 3.25. The zero-order valence-corrected chi connectivity index (χ0v) is 14.7. The van der Waals surface area contributed by atoms with Gasteiger partial charge in [-0.25, -0.2) is 4.79 Å². The number of nitrogens with one attached hydrogen (secondary N) is 1. The van der Waals surface area contributed by atoms with Gasteiger partial charge in [0.2, 0.25) is 5.78 Å².